The Labute approximate surface area is 464 Å². The van der Waals surface area contributed by atoms with Crippen molar-refractivity contribution >= 4 is 5.91 Å². The van der Waals surface area contributed by atoms with Crippen molar-refractivity contribution < 1.29 is 89.4 Å². The van der Waals surface area contributed by atoms with Crippen LogP contribution >= 0.6 is 0 Å². The molecule has 3 aliphatic heterocycles. The molecule has 19 heteroatoms. The number of aliphatic hydroxyl groups is 11. The quantitative estimate of drug-likeness (QED) is 0.0293. The second-order valence-corrected chi connectivity index (χ2v) is 20.7. The molecule has 19 nitrogen and oxygen atoms in total. The van der Waals surface area contributed by atoms with Crippen molar-refractivity contribution in [3.05, 3.63) is 72.9 Å². The lowest BCUT2D eigenvalue weighted by atomic mass is 9.96. The van der Waals surface area contributed by atoms with Crippen LogP contribution in [-0.2, 0) is 33.2 Å². The third-order valence-corrected chi connectivity index (χ3v) is 14.3. The number of allylic oxidation sites excluding steroid dienone is 12. The number of aliphatic hydroxyl groups excluding tert-OH is 11. The summed E-state index contributed by atoms with van der Waals surface area (Å²) < 4.78 is 34.2. The Morgan fingerprint density at radius 1 is 0.474 bits per heavy atom. The summed E-state index contributed by atoms with van der Waals surface area (Å²) in [6, 6.07) is -0.913. The fraction of sp³-hybridized carbons (Fsp3) is 0.780. The molecule has 0 aromatic carbocycles. The normalized spacial score (nSPS) is 31.0. The van der Waals surface area contributed by atoms with E-state index in [1.165, 1.54) is 51.4 Å². The predicted octanol–water partition coefficient (Wildman–Crippen LogP) is 4.65. The van der Waals surface area contributed by atoms with Gasteiger partial charge in [0.2, 0.25) is 5.91 Å². The number of ether oxygens (including phenoxy) is 6. The van der Waals surface area contributed by atoms with Crippen molar-refractivity contribution in [1.29, 1.82) is 0 Å². The van der Waals surface area contributed by atoms with E-state index in [-0.39, 0.29) is 18.9 Å². The van der Waals surface area contributed by atoms with Crippen LogP contribution in [0.4, 0.5) is 0 Å². The maximum absolute atomic E-state index is 13.3. The topological polar surface area (TPSA) is 307 Å². The summed E-state index contributed by atoms with van der Waals surface area (Å²) in [7, 11) is 0. The van der Waals surface area contributed by atoms with Crippen LogP contribution in [0.25, 0.3) is 0 Å². The third kappa shape index (κ3) is 26.0. The molecule has 3 heterocycles. The highest BCUT2D eigenvalue weighted by atomic mass is 16.8. The summed E-state index contributed by atoms with van der Waals surface area (Å²) in [5, 5.41) is 120. The van der Waals surface area contributed by atoms with Crippen LogP contribution in [0.1, 0.15) is 162 Å². The molecule has 3 fully saturated rings. The Bertz CT molecular complexity index is 1710. The molecule has 0 spiro atoms. The highest BCUT2D eigenvalue weighted by molar-refractivity contribution is 5.76. The molecular formula is C59H101NO18. The van der Waals surface area contributed by atoms with Gasteiger partial charge in [0, 0.05) is 6.42 Å². The minimum Gasteiger partial charge on any atom is -0.394 e. The van der Waals surface area contributed by atoms with Crippen LogP contribution in [0.3, 0.4) is 0 Å². The molecule has 3 saturated heterocycles. The molecule has 0 bridgehead atoms. The van der Waals surface area contributed by atoms with Gasteiger partial charge in [0.25, 0.3) is 0 Å². The Morgan fingerprint density at radius 3 is 1.36 bits per heavy atom. The van der Waals surface area contributed by atoms with Crippen molar-refractivity contribution in [1.82, 2.24) is 5.32 Å². The lowest BCUT2D eigenvalue weighted by Crippen LogP contribution is -2.66. The number of hydrogen-bond acceptors (Lipinski definition) is 18. The van der Waals surface area contributed by atoms with Crippen molar-refractivity contribution in [2.75, 3.05) is 26.4 Å². The zero-order valence-corrected chi connectivity index (χ0v) is 46.6. The molecule has 1 amide bonds. The molecule has 78 heavy (non-hydrogen) atoms. The van der Waals surface area contributed by atoms with Gasteiger partial charge in [-0.1, -0.05) is 164 Å². The van der Waals surface area contributed by atoms with Crippen molar-refractivity contribution in [3.63, 3.8) is 0 Å². The van der Waals surface area contributed by atoms with E-state index in [9.17, 15) is 61.0 Å². The molecule has 0 aromatic rings. The van der Waals surface area contributed by atoms with Crippen molar-refractivity contribution in [2.45, 2.75) is 266 Å². The van der Waals surface area contributed by atoms with Gasteiger partial charge >= 0.3 is 0 Å². The average Bonchev–Trinajstić information content (AvgIpc) is 3.46. The van der Waals surface area contributed by atoms with E-state index in [1.807, 2.05) is 0 Å². The number of rotatable bonds is 41. The molecule has 17 atom stereocenters. The monoisotopic (exact) mass is 1110 g/mol. The molecular weight excluding hydrogens is 1010 g/mol. The molecule has 0 saturated carbocycles. The van der Waals surface area contributed by atoms with E-state index >= 15 is 0 Å². The number of unbranched alkanes of at least 4 members (excludes halogenated alkanes) is 13. The number of carbonyl (C=O) groups excluding carboxylic acids is 1. The lowest BCUT2D eigenvalue weighted by Gasteiger charge is -2.48. The number of carbonyl (C=O) groups is 1. The first-order valence-electron chi connectivity index (χ1n) is 29.2. The van der Waals surface area contributed by atoms with Gasteiger partial charge in [-0.25, -0.2) is 0 Å². The van der Waals surface area contributed by atoms with E-state index < -0.39 is 124 Å². The minimum absolute atomic E-state index is 0.207. The number of nitrogens with one attached hydrogen (secondary N) is 1. The van der Waals surface area contributed by atoms with Gasteiger partial charge in [-0.3, -0.25) is 4.79 Å². The molecule has 12 N–H and O–H groups in total. The predicted molar refractivity (Wildman–Crippen MR) is 295 cm³/mol. The molecule has 450 valence electrons. The highest BCUT2D eigenvalue weighted by Crippen LogP contribution is 2.33. The summed E-state index contributed by atoms with van der Waals surface area (Å²) in [5.74, 6) is -0.290. The van der Waals surface area contributed by atoms with Crippen LogP contribution in [0.5, 0.6) is 0 Å². The number of amides is 1. The van der Waals surface area contributed by atoms with E-state index in [1.54, 1.807) is 0 Å². The molecule has 0 aliphatic carbocycles. The Balaban J connectivity index is 1.51. The summed E-state index contributed by atoms with van der Waals surface area (Å²) in [6.07, 6.45) is 21.4. The summed E-state index contributed by atoms with van der Waals surface area (Å²) in [4.78, 5) is 13.3. The molecule has 17 unspecified atom stereocenters. The average molecular weight is 1110 g/mol. The Hall–Kier alpha value is -2.77. The van der Waals surface area contributed by atoms with Gasteiger partial charge < -0.3 is 89.9 Å². The van der Waals surface area contributed by atoms with Gasteiger partial charge in [0.1, 0.15) is 73.2 Å². The zero-order valence-electron chi connectivity index (χ0n) is 46.6. The van der Waals surface area contributed by atoms with E-state index in [0.29, 0.717) is 19.3 Å². The van der Waals surface area contributed by atoms with Crippen LogP contribution in [0.15, 0.2) is 72.9 Å². The van der Waals surface area contributed by atoms with Crippen LogP contribution < -0.4 is 5.32 Å². The van der Waals surface area contributed by atoms with E-state index in [0.717, 1.165) is 70.6 Å². The first-order chi connectivity index (χ1) is 37.8. The molecule has 0 aromatic heterocycles. The fourth-order valence-electron chi connectivity index (χ4n) is 9.49. The Morgan fingerprint density at radius 2 is 0.885 bits per heavy atom. The zero-order chi connectivity index (χ0) is 56.9. The fourth-order valence-corrected chi connectivity index (χ4v) is 9.49. The summed E-state index contributed by atoms with van der Waals surface area (Å²) in [5.41, 5.74) is 0. The third-order valence-electron chi connectivity index (χ3n) is 14.3. The second-order valence-electron chi connectivity index (χ2n) is 20.7. The van der Waals surface area contributed by atoms with Crippen LogP contribution in [0, 0.1) is 0 Å². The van der Waals surface area contributed by atoms with Gasteiger partial charge in [0.15, 0.2) is 18.9 Å². The maximum atomic E-state index is 13.3. The van der Waals surface area contributed by atoms with Gasteiger partial charge in [-0.05, 0) is 64.2 Å². The first-order valence-corrected chi connectivity index (χ1v) is 29.2. The smallest absolute Gasteiger partial charge is 0.220 e. The maximum Gasteiger partial charge on any atom is 0.220 e. The first kappa shape index (κ1) is 69.5. The number of hydrogen-bond donors (Lipinski definition) is 12. The standard InChI is InChI=1S/C59H101NO18/c1-3-5-7-9-11-13-15-17-18-19-20-21-22-23-24-25-27-29-31-33-35-37-47(65)60-42(43(64)36-34-32-30-28-26-16-14-12-10-8-6-4-2)41-73-57-53(71)50(68)55(45(39-62)75-57)78-59-54(72)51(69)56(46(40-63)76-59)77-58-52(70)49(67)48(66)44(38-61)74-58/h5,7,11,13,17-18,20-21,23-24,27,29,42-46,48-59,61-64,66-72H,3-4,6,8-10,12,14-16,19,22,25-26,28,30-41H2,1-2H3,(H,60,65)/b7-5-,13-11-,18-17-,21-20-,24-23-,29-27-. The van der Waals surface area contributed by atoms with Gasteiger partial charge in [-0.2, -0.15) is 0 Å². The molecule has 3 aliphatic rings. The van der Waals surface area contributed by atoms with Crippen LogP contribution in [-0.4, -0.2) is 193 Å². The molecule has 0 radical (unpaired) electrons. The largest absolute Gasteiger partial charge is 0.394 e. The minimum atomic E-state index is -1.98. The highest BCUT2D eigenvalue weighted by Gasteiger charge is 2.53. The van der Waals surface area contributed by atoms with E-state index in [4.69, 9.17) is 28.4 Å². The van der Waals surface area contributed by atoms with Gasteiger partial charge in [-0.15, -0.1) is 0 Å². The van der Waals surface area contributed by atoms with Crippen molar-refractivity contribution in [3.8, 4) is 0 Å². The van der Waals surface area contributed by atoms with Crippen molar-refractivity contribution in [2.24, 2.45) is 0 Å². The molecule has 3 rings (SSSR count). The second kappa shape index (κ2) is 42.1. The lowest BCUT2D eigenvalue weighted by molar-refractivity contribution is -0.379. The summed E-state index contributed by atoms with van der Waals surface area (Å²) in [6.45, 7) is 1.60. The SMILES string of the molecule is CC/C=C\C/C=C\C/C=C\C/C=C\C/C=C\C/C=C\CCCCC(=O)NC(COC1OC(CO)C(OC2OC(CO)C(OC3OC(CO)C(O)C(O)C3O)C(O)C2O)C(O)C1O)C(O)CCCCCCCCCCCCCC. The Kier molecular flexibility index (Phi) is 37.5. The van der Waals surface area contributed by atoms with E-state index in [2.05, 4.69) is 92.1 Å². The summed E-state index contributed by atoms with van der Waals surface area (Å²) >= 11 is 0. The van der Waals surface area contributed by atoms with Crippen LogP contribution in [0.2, 0.25) is 0 Å². The van der Waals surface area contributed by atoms with Gasteiger partial charge in [0.05, 0.1) is 38.6 Å².